The van der Waals surface area contributed by atoms with Crippen molar-refractivity contribution in [3.8, 4) is 0 Å². The van der Waals surface area contributed by atoms with Crippen LogP contribution in [-0.2, 0) is 5.41 Å². The molecule has 0 N–H and O–H groups in total. The molecule has 3 aromatic rings. The van der Waals surface area contributed by atoms with E-state index >= 15 is 0 Å². The highest BCUT2D eigenvalue weighted by Gasteiger charge is 2.34. The summed E-state index contributed by atoms with van der Waals surface area (Å²) in [5.74, 6) is 1.56. The number of hydrogen-bond acceptors (Lipinski definition) is 7. The maximum atomic E-state index is 12.5. The third-order valence-electron chi connectivity index (χ3n) is 4.76. The standard InChI is InChI=1S/C18H22N8O/c1-18(2,3)17-22-21-14-5-6-15(23-26(14)17)25-10-12(11-25)24(4)16(27)13-9-19-7-8-20-13/h5-9,12H,10-11H2,1-4H3. The summed E-state index contributed by atoms with van der Waals surface area (Å²) < 4.78 is 1.80. The smallest absolute Gasteiger partial charge is 0.274 e. The van der Waals surface area contributed by atoms with E-state index in [1.54, 1.807) is 22.7 Å². The molecule has 0 bridgehead atoms. The van der Waals surface area contributed by atoms with Crippen LogP contribution < -0.4 is 4.90 Å². The van der Waals surface area contributed by atoms with Crippen LogP contribution in [-0.4, -0.2) is 66.8 Å². The van der Waals surface area contributed by atoms with E-state index in [0.29, 0.717) is 18.8 Å². The van der Waals surface area contributed by atoms with Crippen molar-refractivity contribution in [2.75, 3.05) is 25.0 Å². The highest BCUT2D eigenvalue weighted by molar-refractivity contribution is 5.92. The Balaban J connectivity index is 1.48. The Morgan fingerprint density at radius 3 is 2.63 bits per heavy atom. The predicted molar refractivity (Wildman–Crippen MR) is 99.6 cm³/mol. The van der Waals surface area contributed by atoms with E-state index in [-0.39, 0.29) is 17.4 Å². The number of carbonyl (C=O) groups is 1. The SMILES string of the molecule is CN(C(=O)c1cnccn1)C1CN(c2ccc3nnc(C(C)(C)C)n3n2)C1. The first-order valence-electron chi connectivity index (χ1n) is 8.85. The fourth-order valence-electron chi connectivity index (χ4n) is 3.06. The van der Waals surface area contributed by atoms with Gasteiger partial charge >= 0.3 is 0 Å². The van der Waals surface area contributed by atoms with Crippen molar-refractivity contribution >= 4 is 17.4 Å². The average molecular weight is 366 g/mol. The van der Waals surface area contributed by atoms with Crippen LogP contribution in [0, 0.1) is 0 Å². The molecule has 0 unspecified atom stereocenters. The molecule has 9 nitrogen and oxygen atoms in total. The zero-order valence-corrected chi connectivity index (χ0v) is 15.9. The van der Waals surface area contributed by atoms with E-state index < -0.39 is 0 Å². The van der Waals surface area contributed by atoms with Crippen molar-refractivity contribution in [3.05, 3.63) is 42.2 Å². The quantitative estimate of drug-likeness (QED) is 0.687. The molecule has 1 aliphatic heterocycles. The number of carbonyl (C=O) groups excluding carboxylic acids is 1. The second-order valence-corrected chi connectivity index (χ2v) is 7.80. The largest absolute Gasteiger partial charge is 0.351 e. The molecule has 0 saturated carbocycles. The van der Waals surface area contributed by atoms with Crippen LogP contribution in [0.5, 0.6) is 0 Å². The third kappa shape index (κ3) is 3.09. The van der Waals surface area contributed by atoms with E-state index in [4.69, 9.17) is 5.10 Å². The molecule has 1 aliphatic rings. The van der Waals surface area contributed by atoms with Crippen molar-refractivity contribution in [1.82, 2.24) is 34.7 Å². The lowest BCUT2D eigenvalue weighted by molar-refractivity contribution is 0.0698. The number of amides is 1. The Kier molecular flexibility index (Phi) is 4.01. The van der Waals surface area contributed by atoms with Gasteiger partial charge in [-0.2, -0.15) is 4.52 Å². The van der Waals surface area contributed by atoms with Gasteiger partial charge in [0, 0.05) is 37.9 Å². The van der Waals surface area contributed by atoms with Crippen molar-refractivity contribution in [3.63, 3.8) is 0 Å². The summed E-state index contributed by atoms with van der Waals surface area (Å²) in [6.45, 7) is 7.70. The average Bonchev–Trinajstić information content (AvgIpc) is 3.04. The Bertz CT molecular complexity index is 972. The predicted octanol–water partition coefficient (Wildman–Crippen LogP) is 1.17. The molecular formula is C18H22N8O. The maximum Gasteiger partial charge on any atom is 0.274 e. The van der Waals surface area contributed by atoms with Crippen LogP contribution in [0.3, 0.4) is 0 Å². The second kappa shape index (κ2) is 6.26. The first-order valence-corrected chi connectivity index (χ1v) is 8.85. The van der Waals surface area contributed by atoms with Gasteiger partial charge in [-0.15, -0.1) is 15.3 Å². The fraction of sp³-hybridized carbons (Fsp3) is 0.444. The Hall–Kier alpha value is -3.10. The molecule has 9 heteroatoms. The van der Waals surface area contributed by atoms with E-state index in [2.05, 4.69) is 45.8 Å². The van der Waals surface area contributed by atoms with E-state index in [0.717, 1.165) is 17.3 Å². The topological polar surface area (TPSA) is 92.4 Å². The van der Waals surface area contributed by atoms with Gasteiger partial charge in [-0.05, 0) is 12.1 Å². The maximum absolute atomic E-state index is 12.5. The molecule has 1 amide bonds. The Morgan fingerprint density at radius 1 is 1.19 bits per heavy atom. The summed E-state index contributed by atoms with van der Waals surface area (Å²) in [6.07, 6.45) is 4.57. The molecule has 140 valence electrons. The molecule has 0 spiro atoms. The van der Waals surface area contributed by atoms with Crippen LogP contribution in [0.25, 0.3) is 5.65 Å². The minimum atomic E-state index is -0.147. The third-order valence-corrected chi connectivity index (χ3v) is 4.76. The van der Waals surface area contributed by atoms with Crippen LogP contribution >= 0.6 is 0 Å². The summed E-state index contributed by atoms with van der Waals surface area (Å²) in [4.78, 5) is 24.4. The number of fused-ring (bicyclic) bond motifs is 1. The molecule has 0 aliphatic carbocycles. The van der Waals surface area contributed by atoms with Gasteiger partial charge in [0.1, 0.15) is 11.5 Å². The molecule has 4 rings (SSSR count). The highest BCUT2D eigenvalue weighted by atomic mass is 16.2. The molecule has 0 radical (unpaired) electrons. The number of anilines is 1. The van der Waals surface area contributed by atoms with Gasteiger partial charge < -0.3 is 9.80 Å². The van der Waals surface area contributed by atoms with E-state index in [9.17, 15) is 4.79 Å². The van der Waals surface area contributed by atoms with Gasteiger partial charge in [0.15, 0.2) is 11.5 Å². The van der Waals surface area contributed by atoms with Crippen LogP contribution in [0.15, 0.2) is 30.7 Å². The minimum Gasteiger partial charge on any atom is -0.351 e. The molecule has 1 fully saturated rings. The molecule has 3 aromatic heterocycles. The number of rotatable bonds is 3. The van der Waals surface area contributed by atoms with Gasteiger partial charge in [0.2, 0.25) is 0 Å². The van der Waals surface area contributed by atoms with E-state index in [1.165, 1.54) is 12.4 Å². The monoisotopic (exact) mass is 366 g/mol. The summed E-state index contributed by atoms with van der Waals surface area (Å²) in [6, 6.07) is 3.98. The van der Waals surface area contributed by atoms with Gasteiger partial charge in [-0.25, -0.2) is 4.98 Å². The van der Waals surface area contributed by atoms with Crippen molar-refractivity contribution < 1.29 is 4.79 Å². The van der Waals surface area contributed by atoms with Crippen LogP contribution in [0.1, 0.15) is 37.1 Å². The number of hydrogen-bond donors (Lipinski definition) is 0. The first kappa shape index (κ1) is 17.3. The van der Waals surface area contributed by atoms with Crippen molar-refractivity contribution in [2.24, 2.45) is 0 Å². The van der Waals surface area contributed by atoms with Gasteiger partial charge in [-0.3, -0.25) is 9.78 Å². The highest BCUT2D eigenvalue weighted by Crippen LogP contribution is 2.25. The van der Waals surface area contributed by atoms with Crippen LogP contribution in [0.4, 0.5) is 5.82 Å². The molecule has 4 heterocycles. The summed E-state index contributed by atoms with van der Waals surface area (Å²) in [5, 5.41) is 13.2. The molecule has 0 aromatic carbocycles. The number of aromatic nitrogens is 6. The summed E-state index contributed by atoms with van der Waals surface area (Å²) in [7, 11) is 1.80. The molecular weight excluding hydrogens is 344 g/mol. The number of nitrogens with zero attached hydrogens (tertiary/aromatic N) is 8. The zero-order valence-electron chi connectivity index (χ0n) is 15.9. The van der Waals surface area contributed by atoms with Gasteiger partial charge in [0.25, 0.3) is 5.91 Å². The van der Waals surface area contributed by atoms with Gasteiger partial charge in [0.05, 0.1) is 12.2 Å². The lowest BCUT2D eigenvalue weighted by Gasteiger charge is -2.44. The van der Waals surface area contributed by atoms with E-state index in [1.807, 2.05) is 12.1 Å². The van der Waals surface area contributed by atoms with Crippen LogP contribution in [0.2, 0.25) is 0 Å². The first-order chi connectivity index (χ1) is 12.8. The van der Waals surface area contributed by atoms with Crippen molar-refractivity contribution in [1.29, 1.82) is 0 Å². The second-order valence-electron chi connectivity index (χ2n) is 7.80. The van der Waals surface area contributed by atoms with Crippen molar-refractivity contribution in [2.45, 2.75) is 32.2 Å². The normalized spacial score (nSPS) is 15.0. The zero-order chi connectivity index (χ0) is 19.2. The summed E-state index contributed by atoms with van der Waals surface area (Å²) in [5.41, 5.74) is 0.944. The van der Waals surface area contributed by atoms with Gasteiger partial charge in [-0.1, -0.05) is 20.8 Å². The molecule has 27 heavy (non-hydrogen) atoms. The Labute approximate surface area is 157 Å². The molecule has 1 saturated heterocycles. The Morgan fingerprint density at radius 2 is 1.96 bits per heavy atom. The fourth-order valence-corrected chi connectivity index (χ4v) is 3.06. The molecule has 0 atom stereocenters. The minimum absolute atomic E-state index is 0.111. The number of likely N-dealkylation sites (N-methyl/N-ethyl adjacent to an activating group) is 1. The lowest BCUT2D eigenvalue weighted by atomic mass is 9.96. The summed E-state index contributed by atoms with van der Waals surface area (Å²) >= 11 is 0. The lowest BCUT2D eigenvalue weighted by Crippen LogP contribution is -2.60.